The third-order valence-electron chi connectivity index (χ3n) is 6.73. The van der Waals surface area contributed by atoms with Gasteiger partial charge in [-0.3, -0.25) is 4.79 Å². The molecule has 0 radical (unpaired) electrons. The Balaban J connectivity index is 1.32. The van der Waals surface area contributed by atoms with Crippen molar-refractivity contribution < 1.29 is 4.79 Å². The van der Waals surface area contributed by atoms with Crippen molar-refractivity contribution in [2.45, 2.75) is 50.7 Å². The number of nitrogens with zero attached hydrogens (tertiary/aromatic N) is 3. The minimum absolute atomic E-state index is 0.0393. The third kappa shape index (κ3) is 4.87. The number of likely N-dealkylation sites (N-methyl/N-ethyl adjacent to an activating group) is 1. The number of hydrogen-bond donors (Lipinski definition) is 1. The zero-order valence-electron chi connectivity index (χ0n) is 18.2. The van der Waals surface area contributed by atoms with Gasteiger partial charge in [0.25, 0.3) is 5.91 Å². The lowest BCUT2D eigenvalue weighted by Gasteiger charge is -2.36. The monoisotopic (exact) mass is 436 g/mol. The SMILES string of the molecule is CN1CCc2cc(C(=O)N[C@H]3CC[C@H](N(C)c4ccc(C#N)c(Cl)c4)CC3)ccc2C1. The first-order valence-electron chi connectivity index (χ1n) is 11.0. The van der Waals surface area contributed by atoms with Gasteiger partial charge >= 0.3 is 0 Å². The van der Waals surface area contributed by atoms with Crippen LogP contribution in [-0.4, -0.2) is 43.5 Å². The van der Waals surface area contributed by atoms with E-state index in [-0.39, 0.29) is 11.9 Å². The molecule has 1 amide bonds. The lowest BCUT2D eigenvalue weighted by atomic mass is 9.89. The van der Waals surface area contributed by atoms with Gasteiger partial charge < -0.3 is 15.1 Å². The van der Waals surface area contributed by atoms with Crippen molar-refractivity contribution in [1.29, 1.82) is 5.26 Å². The Bertz CT molecular complexity index is 1010. The largest absolute Gasteiger partial charge is 0.372 e. The molecule has 5 nitrogen and oxygen atoms in total. The average molecular weight is 437 g/mol. The standard InChI is InChI=1S/C25H29ClN4O/c1-29-12-11-17-13-18(3-4-20(17)16-29)25(31)28-21-6-9-22(10-7-21)30(2)23-8-5-19(15-27)24(26)14-23/h3-5,8,13-14,21-22H,6-7,9-12,16H2,1-2H3,(H,28,31)/t21-,22-. The number of nitriles is 1. The van der Waals surface area contributed by atoms with Gasteiger partial charge in [-0.25, -0.2) is 0 Å². The van der Waals surface area contributed by atoms with E-state index in [9.17, 15) is 4.79 Å². The molecule has 1 aliphatic carbocycles. The van der Waals surface area contributed by atoms with Crippen molar-refractivity contribution in [3.8, 4) is 6.07 Å². The average Bonchev–Trinajstić information content (AvgIpc) is 2.78. The van der Waals surface area contributed by atoms with Gasteiger partial charge in [0.15, 0.2) is 0 Å². The first-order valence-corrected chi connectivity index (χ1v) is 11.4. The first kappa shape index (κ1) is 21.7. The van der Waals surface area contributed by atoms with Crippen LogP contribution < -0.4 is 10.2 Å². The highest BCUT2D eigenvalue weighted by Crippen LogP contribution is 2.29. The normalized spacial score (nSPS) is 21.1. The summed E-state index contributed by atoms with van der Waals surface area (Å²) in [7, 11) is 4.21. The molecule has 0 aromatic heterocycles. The summed E-state index contributed by atoms with van der Waals surface area (Å²) in [5, 5.41) is 12.8. The molecule has 0 bridgehead atoms. The third-order valence-corrected chi connectivity index (χ3v) is 7.04. The first-order chi connectivity index (χ1) is 14.9. The number of amides is 1. The van der Waals surface area contributed by atoms with Gasteiger partial charge in [0.05, 0.1) is 10.6 Å². The number of halogens is 1. The fraction of sp³-hybridized carbons (Fsp3) is 0.440. The second-order valence-electron chi connectivity index (χ2n) is 8.84. The molecule has 2 aromatic carbocycles. The molecule has 1 fully saturated rings. The number of anilines is 1. The molecule has 1 heterocycles. The Morgan fingerprint density at radius 1 is 1.16 bits per heavy atom. The highest BCUT2D eigenvalue weighted by atomic mass is 35.5. The molecule has 2 aromatic rings. The fourth-order valence-electron chi connectivity index (χ4n) is 4.74. The van der Waals surface area contributed by atoms with E-state index in [4.69, 9.17) is 16.9 Å². The molecule has 1 aliphatic heterocycles. The lowest BCUT2D eigenvalue weighted by molar-refractivity contribution is 0.0925. The molecule has 0 atom stereocenters. The Morgan fingerprint density at radius 3 is 2.65 bits per heavy atom. The van der Waals surface area contributed by atoms with Crippen molar-refractivity contribution in [3.63, 3.8) is 0 Å². The number of carbonyl (C=O) groups is 1. The molecule has 2 aliphatic rings. The topological polar surface area (TPSA) is 59.4 Å². The highest BCUT2D eigenvalue weighted by molar-refractivity contribution is 6.32. The maximum Gasteiger partial charge on any atom is 0.251 e. The van der Waals surface area contributed by atoms with Crippen LogP contribution in [0.4, 0.5) is 5.69 Å². The van der Waals surface area contributed by atoms with E-state index in [1.165, 1.54) is 11.1 Å². The molecule has 31 heavy (non-hydrogen) atoms. The van der Waals surface area contributed by atoms with E-state index in [2.05, 4.69) is 47.4 Å². The minimum Gasteiger partial charge on any atom is -0.372 e. The maximum absolute atomic E-state index is 12.8. The summed E-state index contributed by atoms with van der Waals surface area (Å²) in [6.45, 7) is 2.00. The van der Waals surface area contributed by atoms with E-state index in [0.717, 1.165) is 56.4 Å². The zero-order valence-corrected chi connectivity index (χ0v) is 19.0. The number of fused-ring (bicyclic) bond motifs is 1. The van der Waals surface area contributed by atoms with Gasteiger partial charge in [-0.05, 0) is 80.6 Å². The fourth-order valence-corrected chi connectivity index (χ4v) is 4.95. The molecular weight excluding hydrogens is 408 g/mol. The number of nitrogens with one attached hydrogen (secondary N) is 1. The Kier molecular flexibility index (Phi) is 6.50. The van der Waals surface area contributed by atoms with E-state index in [1.54, 1.807) is 6.07 Å². The van der Waals surface area contributed by atoms with Crippen LogP contribution in [0.3, 0.4) is 0 Å². The number of hydrogen-bond acceptors (Lipinski definition) is 4. The predicted molar refractivity (Wildman–Crippen MR) is 125 cm³/mol. The summed E-state index contributed by atoms with van der Waals surface area (Å²) in [6.07, 6.45) is 4.94. The van der Waals surface area contributed by atoms with Crippen LogP contribution in [0.5, 0.6) is 0 Å². The molecule has 0 spiro atoms. The molecular formula is C25H29ClN4O. The Labute approximate surface area is 189 Å². The van der Waals surface area contributed by atoms with Crippen LogP contribution in [0.15, 0.2) is 36.4 Å². The van der Waals surface area contributed by atoms with Crippen molar-refractivity contribution >= 4 is 23.2 Å². The van der Waals surface area contributed by atoms with Gasteiger partial charge in [0.2, 0.25) is 0 Å². The van der Waals surface area contributed by atoms with Crippen LogP contribution in [0.2, 0.25) is 5.02 Å². The van der Waals surface area contributed by atoms with Crippen molar-refractivity contribution in [2.24, 2.45) is 0 Å². The minimum atomic E-state index is 0.0393. The van der Waals surface area contributed by atoms with Crippen LogP contribution in [0.25, 0.3) is 0 Å². The molecule has 162 valence electrons. The second kappa shape index (κ2) is 9.30. The van der Waals surface area contributed by atoms with E-state index in [0.29, 0.717) is 16.6 Å². The Morgan fingerprint density at radius 2 is 1.94 bits per heavy atom. The summed E-state index contributed by atoms with van der Waals surface area (Å²) in [6, 6.07) is 14.4. The van der Waals surface area contributed by atoms with Gasteiger partial charge in [0.1, 0.15) is 6.07 Å². The number of rotatable bonds is 4. The van der Waals surface area contributed by atoms with Crippen LogP contribution in [0, 0.1) is 11.3 Å². The lowest BCUT2D eigenvalue weighted by Crippen LogP contribution is -2.43. The summed E-state index contributed by atoms with van der Waals surface area (Å²) < 4.78 is 0. The highest BCUT2D eigenvalue weighted by Gasteiger charge is 2.26. The second-order valence-corrected chi connectivity index (χ2v) is 9.24. The molecule has 1 N–H and O–H groups in total. The summed E-state index contributed by atoms with van der Waals surface area (Å²) in [4.78, 5) is 17.4. The van der Waals surface area contributed by atoms with Crippen molar-refractivity contribution in [1.82, 2.24) is 10.2 Å². The van der Waals surface area contributed by atoms with Crippen LogP contribution in [-0.2, 0) is 13.0 Å². The molecule has 0 unspecified atom stereocenters. The quantitative estimate of drug-likeness (QED) is 0.772. The van der Waals surface area contributed by atoms with Gasteiger partial charge in [-0.2, -0.15) is 5.26 Å². The molecule has 4 rings (SSSR count). The van der Waals surface area contributed by atoms with Crippen LogP contribution in [0.1, 0.15) is 52.7 Å². The summed E-state index contributed by atoms with van der Waals surface area (Å²) in [5.74, 6) is 0.0393. The predicted octanol–water partition coefficient (Wildman–Crippen LogP) is 4.38. The van der Waals surface area contributed by atoms with E-state index < -0.39 is 0 Å². The van der Waals surface area contributed by atoms with Gasteiger partial charge in [0, 0.05) is 43.5 Å². The molecule has 1 saturated carbocycles. The Hall–Kier alpha value is -2.55. The van der Waals surface area contributed by atoms with E-state index in [1.807, 2.05) is 18.2 Å². The van der Waals surface area contributed by atoms with Gasteiger partial charge in [-0.1, -0.05) is 17.7 Å². The van der Waals surface area contributed by atoms with Crippen molar-refractivity contribution in [3.05, 3.63) is 63.7 Å². The number of carbonyl (C=O) groups excluding carboxylic acids is 1. The van der Waals surface area contributed by atoms with Gasteiger partial charge in [-0.15, -0.1) is 0 Å². The van der Waals surface area contributed by atoms with Crippen molar-refractivity contribution in [2.75, 3.05) is 25.5 Å². The molecule has 6 heteroatoms. The number of benzene rings is 2. The maximum atomic E-state index is 12.8. The van der Waals surface area contributed by atoms with E-state index >= 15 is 0 Å². The summed E-state index contributed by atoms with van der Waals surface area (Å²) >= 11 is 6.20. The summed E-state index contributed by atoms with van der Waals surface area (Å²) in [5.41, 5.74) is 4.93. The smallest absolute Gasteiger partial charge is 0.251 e. The molecule has 0 saturated heterocycles. The van der Waals surface area contributed by atoms with Crippen LogP contribution >= 0.6 is 11.6 Å². The zero-order chi connectivity index (χ0) is 22.0.